The third kappa shape index (κ3) is 3.34. The van der Waals surface area contributed by atoms with Crippen LogP contribution < -0.4 is 5.14 Å². The molecular weight excluding hydrogens is 275 g/mol. The van der Waals surface area contributed by atoms with E-state index < -0.39 is 10.0 Å². The number of nitrogens with two attached hydrogens (primary N) is 1. The van der Waals surface area contributed by atoms with Crippen LogP contribution in [0, 0.1) is 0 Å². The molecule has 8 heteroatoms. The zero-order valence-corrected chi connectivity index (χ0v) is 10.4. The summed E-state index contributed by atoms with van der Waals surface area (Å²) >= 11 is 0. The summed E-state index contributed by atoms with van der Waals surface area (Å²) in [5, 5.41) is 9.24. The Kier molecular flexibility index (Phi) is 5.21. The lowest BCUT2D eigenvalue weighted by Gasteiger charge is -1.92. The molecule has 0 atom stereocenters. The quantitative estimate of drug-likeness (QED) is 0.905. The summed E-state index contributed by atoms with van der Waals surface area (Å²) in [6, 6.07) is 7.03. The first kappa shape index (κ1) is 15.2. The van der Waals surface area contributed by atoms with Gasteiger partial charge < -0.3 is 4.52 Å². The van der Waals surface area contributed by atoms with E-state index >= 15 is 0 Å². The molecule has 1 heterocycles. The molecule has 2 aromatic rings. The van der Waals surface area contributed by atoms with Crippen molar-refractivity contribution in [2.24, 2.45) is 5.14 Å². The lowest BCUT2D eigenvalue weighted by atomic mass is 10.2. The molecule has 0 aliphatic carbocycles. The molecule has 16 heavy (non-hydrogen) atoms. The normalized spacial score (nSPS) is 10.6. The van der Waals surface area contributed by atoms with Crippen molar-refractivity contribution in [3.8, 4) is 0 Å². The summed E-state index contributed by atoms with van der Waals surface area (Å²) in [5.74, 6) is -0.302. The summed E-state index contributed by atoms with van der Waals surface area (Å²) in [4.78, 5) is 0. The highest BCUT2D eigenvalue weighted by Gasteiger charge is 2.12. The number of primary sulfonamides is 1. The second kappa shape index (κ2) is 5.49. The summed E-state index contributed by atoms with van der Waals surface area (Å²) in [5.41, 5.74) is 0.911. The Bertz CT molecular complexity index is 567. The minimum atomic E-state index is -3.56. The summed E-state index contributed by atoms with van der Waals surface area (Å²) in [6.07, 6.45) is 0. The fraction of sp³-hybridized carbons (Fsp3) is 0.125. The van der Waals surface area contributed by atoms with E-state index in [1.807, 2.05) is 0 Å². The monoisotopic (exact) mass is 284 g/mol. The molecule has 2 N–H and O–H groups in total. The van der Waals surface area contributed by atoms with Crippen LogP contribution in [0.4, 0.5) is 0 Å². The van der Waals surface area contributed by atoms with Crippen LogP contribution in [-0.2, 0) is 15.8 Å². The van der Waals surface area contributed by atoms with E-state index in [0.717, 1.165) is 0 Å². The summed E-state index contributed by atoms with van der Waals surface area (Å²) < 4.78 is 26.6. The van der Waals surface area contributed by atoms with Gasteiger partial charge in [0.25, 0.3) is 0 Å². The van der Waals surface area contributed by atoms with Gasteiger partial charge in [0.2, 0.25) is 10.0 Å². The van der Waals surface area contributed by atoms with Crippen LogP contribution in [0.2, 0.25) is 0 Å². The maximum Gasteiger partial charge on any atom is 0.214 e. The molecule has 0 saturated heterocycles. The first-order chi connectivity index (χ1) is 6.56. The van der Waals surface area contributed by atoms with Crippen LogP contribution >= 0.6 is 24.8 Å². The fourth-order valence-corrected chi connectivity index (χ4v) is 1.82. The molecule has 0 spiro atoms. The third-order valence-corrected chi connectivity index (χ3v) is 2.47. The number of hydrogen-bond acceptors (Lipinski definition) is 4. The van der Waals surface area contributed by atoms with Gasteiger partial charge >= 0.3 is 0 Å². The average Bonchev–Trinajstić information content (AvgIpc) is 2.47. The Labute approximate surface area is 105 Å². The highest BCUT2D eigenvalue weighted by molar-refractivity contribution is 7.88. The molecule has 5 nitrogen and oxygen atoms in total. The van der Waals surface area contributed by atoms with Crippen molar-refractivity contribution in [2.45, 2.75) is 5.75 Å². The number of para-hydroxylation sites is 1. The molecule has 0 aliphatic rings. The second-order valence-corrected chi connectivity index (χ2v) is 4.55. The van der Waals surface area contributed by atoms with E-state index in [-0.39, 0.29) is 30.6 Å². The molecule has 0 amide bonds. The van der Waals surface area contributed by atoms with E-state index in [9.17, 15) is 8.42 Å². The molecule has 1 aromatic heterocycles. The van der Waals surface area contributed by atoms with Crippen LogP contribution in [0.3, 0.4) is 0 Å². The Morgan fingerprint density at radius 1 is 1.25 bits per heavy atom. The average molecular weight is 285 g/mol. The molecule has 0 aliphatic heterocycles. The lowest BCUT2D eigenvalue weighted by Crippen LogP contribution is -2.14. The van der Waals surface area contributed by atoms with E-state index in [4.69, 9.17) is 9.66 Å². The van der Waals surface area contributed by atoms with Gasteiger partial charge in [0.1, 0.15) is 11.4 Å². The van der Waals surface area contributed by atoms with Crippen molar-refractivity contribution >= 4 is 45.8 Å². The number of nitrogens with zero attached hydrogens (tertiary/aromatic N) is 1. The number of halogens is 2. The Morgan fingerprint density at radius 2 is 1.88 bits per heavy atom. The number of hydrogen-bond donors (Lipinski definition) is 1. The molecule has 1 aromatic carbocycles. The minimum absolute atomic E-state index is 0. The molecular formula is C8H10Cl2N2O3S. The number of fused-ring (bicyclic) bond motifs is 1. The van der Waals surface area contributed by atoms with Gasteiger partial charge in [-0.15, -0.1) is 24.8 Å². The molecule has 90 valence electrons. The number of rotatable bonds is 2. The SMILES string of the molecule is Cl.Cl.NS(=O)(=O)Cc1noc2ccccc12. The summed E-state index contributed by atoms with van der Waals surface area (Å²) in [6.45, 7) is 0. The Balaban J connectivity index is 0.00000112. The van der Waals surface area contributed by atoms with Gasteiger partial charge in [-0.05, 0) is 12.1 Å². The summed E-state index contributed by atoms with van der Waals surface area (Å²) in [7, 11) is -3.56. The molecule has 0 fully saturated rings. The van der Waals surface area contributed by atoms with E-state index in [0.29, 0.717) is 16.7 Å². The van der Waals surface area contributed by atoms with Crippen LogP contribution in [0.1, 0.15) is 5.69 Å². The maximum absolute atomic E-state index is 10.8. The molecule has 0 unspecified atom stereocenters. The van der Waals surface area contributed by atoms with Crippen molar-refractivity contribution in [3.05, 3.63) is 30.0 Å². The highest BCUT2D eigenvalue weighted by Crippen LogP contribution is 2.18. The Morgan fingerprint density at radius 3 is 2.50 bits per heavy atom. The van der Waals surface area contributed by atoms with Gasteiger partial charge in [0.15, 0.2) is 5.58 Å². The number of benzene rings is 1. The standard InChI is InChI=1S/C8H8N2O3S.2ClH/c9-14(11,12)5-7-6-3-1-2-4-8(6)13-10-7;;/h1-4H,5H2,(H2,9,11,12);2*1H. The van der Waals surface area contributed by atoms with Crippen LogP contribution in [-0.4, -0.2) is 13.6 Å². The van der Waals surface area contributed by atoms with Gasteiger partial charge in [-0.3, -0.25) is 0 Å². The number of aromatic nitrogens is 1. The van der Waals surface area contributed by atoms with Crippen LogP contribution in [0.5, 0.6) is 0 Å². The maximum atomic E-state index is 10.8. The minimum Gasteiger partial charge on any atom is -0.356 e. The van der Waals surface area contributed by atoms with E-state index in [2.05, 4.69) is 5.16 Å². The van der Waals surface area contributed by atoms with Gasteiger partial charge in [-0.2, -0.15) is 0 Å². The van der Waals surface area contributed by atoms with E-state index in [1.54, 1.807) is 24.3 Å². The van der Waals surface area contributed by atoms with Crippen molar-refractivity contribution in [1.29, 1.82) is 0 Å². The Hall–Kier alpha value is -0.820. The zero-order chi connectivity index (χ0) is 10.2. The van der Waals surface area contributed by atoms with Crippen molar-refractivity contribution in [3.63, 3.8) is 0 Å². The van der Waals surface area contributed by atoms with E-state index in [1.165, 1.54) is 0 Å². The van der Waals surface area contributed by atoms with Gasteiger partial charge in [0.05, 0.1) is 0 Å². The lowest BCUT2D eigenvalue weighted by molar-refractivity contribution is 0.448. The predicted molar refractivity (Wildman–Crippen MR) is 65.3 cm³/mol. The molecule has 2 rings (SSSR count). The molecule has 0 bridgehead atoms. The smallest absolute Gasteiger partial charge is 0.214 e. The van der Waals surface area contributed by atoms with Crippen molar-refractivity contribution in [1.82, 2.24) is 5.16 Å². The molecule has 0 saturated carbocycles. The zero-order valence-electron chi connectivity index (χ0n) is 7.99. The number of sulfonamides is 1. The third-order valence-electron chi connectivity index (χ3n) is 1.79. The fourth-order valence-electron chi connectivity index (χ4n) is 1.23. The predicted octanol–water partition coefficient (Wildman–Crippen LogP) is 1.46. The highest BCUT2D eigenvalue weighted by atomic mass is 35.5. The van der Waals surface area contributed by atoms with Crippen LogP contribution in [0.15, 0.2) is 28.8 Å². The van der Waals surface area contributed by atoms with Crippen molar-refractivity contribution < 1.29 is 12.9 Å². The van der Waals surface area contributed by atoms with Crippen molar-refractivity contribution in [2.75, 3.05) is 0 Å². The second-order valence-electron chi connectivity index (χ2n) is 2.93. The van der Waals surface area contributed by atoms with Gasteiger partial charge in [0, 0.05) is 5.39 Å². The van der Waals surface area contributed by atoms with Gasteiger partial charge in [-0.1, -0.05) is 17.3 Å². The first-order valence-corrected chi connectivity index (χ1v) is 5.61. The topological polar surface area (TPSA) is 86.2 Å². The first-order valence-electron chi connectivity index (χ1n) is 3.90. The largest absolute Gasteiger partial charge is 0.356 e. The molecule has 0 radical (unpaired) electrons. The van der Waals surface area contributed by atoms with Crippen LogP contribution in [0.25, 0.3) is 11.0 Å². The van der Waals surface area contributed by atoms with Gasteiger partial charge in [-0.25, -0.2) is 13.6 Å².